The van der Waals surface area contributed by atoms with Crippen LogP contribution < -0.4 is 5.32 Å². The van der Waals surface area contributed by atoms with E-state index in [-0.39, 0.29) is 12.1 Å². The minimum atomic E-state index is -0.0922. The molecule has 0 unspecified atom stereocenters. The number of urea groups is 1. The number of benzene rings is 1. The van der Waals surface area contributed by atoms with Crippen LogP contribution in [0.15, 0.2) is 42.6 Å². The summed E-state index contributed by atoms with van der Waals surface area (Å²) in [5, 5.41) is 13.7. The van der Waals surface area contributed by atoms with E-state index in [4.69, 9.17) is 0 Å². The van der Waals surface area contributed by atoms with Crippen LogP contribution >= 0.6 is 0 Å². The van der Waals surface area contributed by atoms with Gasteiger partial charge in [-0.1, -0.05) is 25.3 Å². The first-order chi connectivity index (χ1) is 12.8. The van der Waals surface area contributed by atoms with E-state index in [1.807, 2.05) is 41.3 Å². The molecule has 2 amide bonds. The molecule has 3 aromatic rings. The lowest BCUT2D eigenvalue weighted by Gasteiger charge is -2.34. The molecule has 7 heteroatoms. The molecule has 1 aliphatic carbocycles. The number of hydrogen-bond acceptors (Lipinski definition) is 4. The van der Waals surface area contributed by atoms with E-state index in [0.717, 1.165) is 35.3 Å². The number of amides is 2. The van der Waals surface area contributed by atoms with E-state index in [2.05, 4.69) is 25.7 Å². The number of hydrogen-bond donors (Lipinski definition) is 2. The third-order valence-electron chi connectivity index (χ3n) is 4.90. The van der Waals surface area contributed by atoms with Crippen molar-refractivity contribution in [2.24, 2.45) is 0 Å². The van der Waals surface area contributed by atoms with Gasteiger partial charge in [0.05, 0.1) is 12.2 Å². The van der Waals surface area contributed by atoms with Gasteiger partial charge in [-0.25, -0.2) is 4.79 Å². The quantitative estimate of drug-likeness (QED) is 0.751. The first-order valence-corrected chi connectivity index (χ1v) is 9.08. The Morgan fingerprint density at radius 1 is 1.12 bits per heavy atom. The van der Waals surface area contributed by atoms with E-state index in [1.165, 1.54) is 19.3 Å². The maximum Gasteiger partial charge on any atom is 0.322 e. The van der Waals surface area contributed by atoms with E-state index < -0.39 is 0 Å². The van der Waals surface area contributed by atoms with Crippen molar-refractivity contribution >= 4 is 22.8 Å². The van der Waals surface area contributed by atoms with Crippen LogP contribution in [0.4, 0.5) is 10.5 Å². The Kier molecular flexibility index (Phi) is 4.77. The smallest absolute Gasteiger partial charge is 0.316 e. The van der Waals surface area contributed by atoms with Crippen molar-refractivity contribution in [2.75, 3.05) is 5.32 Å². The average Bonchev–Trinajstić information content (AvgIpc) is 3.15. The summed E-state index contributed by atoms with van der Waals surface area (Å²) in [5.74, 6) is 0. The third kappa shape index (κ3) is 3.66. The van der Waals surface area contributed by atoms with Crippen LogP contribution in [-0.4, -0.2) is 37.4 Å². The Morgan fingerprint density at radius 3 is 2.77 bits per heavy atom. The third-order valence-corrected chi connectivity index (χ3v) is 4.90. The molecule has 0 aliphatic heterocycles. The Balaban J connectivity index is 1.54. The Bertz CT molecular complexity index is 872. The fourth-order valence-corrected chi connectivity index (χ4v) is 3.54. The highest BCUT2D eigenvalue weighted by molar-refractivity contribution is 5.91. The molecule has 1 aromatic carbocycles. The standard InChI is InChI=1S/C19H22N6O/c26-19(21-14-9-10-17-18(12-14)23-24-22-17)25(16-7-2-1-3-8-16)13-15-6-4-5-11-20-15/h4-6,9-12,16H,1-3,7-8,13H2,(H,21,26)(H,22,23,24). The molecule has 2 heterocycles. The number of aromatic amines is 1. The molecule has 2 aromatic heterocycles. The van der Waals surface area contributed by atoms with Crippen LogP contribution in [0, 0.1) is 0 Å². The van der Waals surface area contributed by atoms with Gasteiger partial charge in [0.2, 0.25) is 0 Å². The second-order valence-corrected chi connectivity index (χ2v) is 6.70. The summed E-state index contributed by atoms with van der Waals surface area (Å²) in [4.78, 5) is 19.4. The number of nitrogens with zero attached hydrogens (tertiary/aromatic N) is 4. The molecule has 0 radical (unpaired) electrons. The fourth-order valence-electron chi connectivity index (χ4n) is 3.54. The predicted octanol–water partition coefficient (Wildman–Crippen LogP) is 3.72. The number of carbonyl (C=O) groups is 1. The number of nitrogens with one attached hydrogen (secondary N) is 2. The van der Waals surface area contributed by atoms with Gasteiger partial charge in [0.15, 0.2) is 0 Å². The zero-order valence-corrected chi connectivity index (χ0v) is 14.6. The van der Waals surface area contributed by atoms with Crippen molar-refractivity contribution in [3.63, 3.8) is 0 Å². The second-order valence-electron chi connectivity index (χ2n) is 6.70. The highest BCUT2D eigenvalue weighted by atomic mass is 16.2. The Morgan fingerprint density at radius 2 is 1.96 bits per heavy atom. The molecule has 0 spiro atoms. The maximum atomic E-state index is 13.0. The minimum Gasteiger partial charge on any atom is -0.316 e. The highest BCUT2D eigenvalue weighted by Crippen LogP contribution is 2.25. The molecule has 134 valence electrons. The topological polar surface area (TPSA) is 86.8 Å². The molecule has 7 nitrogen and oxygen atoms in total. The lowest BCUT2D eigenvalue weighted by Crippen LogP contribution is -2.43. The van der Waals surface area contributed by atoms with Crippen molar-refractivity contribution < 1.29 is 4.79 Å². The SMILES string of the molecule is O=C(Nc1ccc2n[nH]nc2c1)N(Cc1ccccn1)C1CCCCC1. The largest absolute Gasteiger partial charge is 0.322 e. The average molecular weight is 350 g/mol. The van der Waals surface area contributed by atoms with Crippen molar-refractivity contribution in [1.29, 1.82) is 0 Å². The van der Waals surface area contributed by atoms with Gasteiger partial charge in [-0.05, 0) is 43.2 Å². The fraction of sp³-hybridized carbons (Fsp3) is 0.368. The van der Waals surface area contributed by atoms with Gasteiger partial charge in [-0.3, -0.25) is 4.98 Å². The predicted molar refractivity (Wildman–Crippen MR) is 99.6 cm³/mol. The summed E-state index contributed by atoms with van der Waals surface area (Å²) in [6.07, 6.45) is 7.44. The monoisotopic (exact) mass is 350 g/mol. The zero-order valence-electron chi connectivity index (χ0n) is 14.6. The number of H-pyrrole nitrogens is 1. The Hall–Kier alpha value is -2.96. The molecule has 1 aliphatic rings. The van der Waals surface area contributed by atoms with Gasteiger partial charge in [0.1, 0.15) is 11.0 Å². The number of fused-ring (bicyclic) bond motifs is 1. The van der Waals surface area contributed by atoms with Gasteiger partial charge in [-0.2, -0.15) is 15.4 Å². The van der Waals surface area contributed by atoms with Crippen LogP contribution in [0.25, 0.3) is 11.0 Å². The van der Waals surface area contributed by atoms with Crippen LogP contribution in [0.2, 0.25) is 0 Å². The van der Waals surface area contributed by atoms with Gasteiger partial charge < -0.3 is 10.2 Å². The second kappa shape index (κ2) is 7.51. The first kappa shape index (κ1) is 16.5. The van der Waals surface area contributed by atoms with Crippen molar-refractivity contribution in [2.45, 2.75) is 44.7 Å². The van der Waals surface area contributed by atoms with Crippen molar-refractivity contribution in [3.8, 4) is 0 Å². The summed E-state index contributed by atoms with van der Waals surface area (Å²) >= 11 is 0. The molecule has 4 rings (SSSR count). The number of rotatable bonds is 4. The van der Waals surface area contributed by atoms with Crippen LogP contribution in [-0.2, 0) is 6.54 Å². The van der Waals surface area contributed by atoms with Crippen molar-refractivity contribution in [1.82, 2.24) is 25.3 Å². The number of carbonyl (C=O) groups excluding carboxylic acids is 1. The Labute approximate surface area is 151 Å². The van der Waals surface area contributed by atoms with E-state index in [9.17, 15) is 4.79 Å². The van der Waals surface area contributed by atoms with Gasteiger partial charge >= 0.3 is 6.03 Å². The van der Waals surface area contributed by atoms with E-state index in [0.29, 0.717) is 6.54 Å². The van der Waals surface area contributed by atoms with Crippen LogP contribution in [0.3, 0.4) is 0 Å². The lowest BCUT2D eigenvalue weighted by atomic mass is 9.94. The molecule has 0 saturated heterocycles. The summed E-state index contributed by atoms with van der Waals surface area (Å²) < 4.78 is 0. The molecule has 0 atom stereocenters. The highest BCUT2D eigenvalue weighted by Gasteiger charge is 2.26. The number of pyridine rings is 1. The van der Waals surface area contributed by atoms with Crippen LogP contribution in [0.5, 0.6) is 0 Å². The van der Waals surface area contributed by atoms with Gasteiger partial charge in [-0.15, -0.1) is 0 Å². The molecular weight excluding hydrogens is 328 g/mol. The molecular formula is C19H22N6O. The minimum absolute atomic E-state index is 0.0922. The normalized spacial score (nSPS) is 15.1. The summed E-state index contributed by atoms with van der Waals surface area (Å²) in [7, 11) is 0. The maximum absolute atomic E-state index is 13.0. The van der Waals surface area contributed by atoms with Crippen molar-refractivity contribution in [3.05, 3.63) is 48.3 Å². The summed E-state index contributed by atoms with van der Waals surface area (Å²) in [6, 6.07) is 11.5. The zero-order chi connectivity index (χ0) is 17.8. The molecule has 1 fully saturated rings. The first-order valence-electron chi connectivity index (χ1n) is 9.08. The van der Waals surface area contributed by atoms with Crippen LogP contribution in [0.1, 0.15) is 37.8 Å². The number of anilines is 1. The van der Waals surface area contributed by atoms with Gasteiger partial charge in [0.25, 0.3) is 0 Å². The summed E-state index contributed by atoms with van der Waals surface area (Å²) in [5.41, 5.74) is 3.13. The number of aromatic nitrogens is 4. The van der Waals surface area contributed by atoms with E-state index in [1.54, 1.807) is 6.20 Å². The van der Waals surface area contributed by atoms with E-state index >= 15 is 0 Å². The van der Waals surface area contributed by atoms with Gasteiger partial charge in [0, 0.05) is 17.9 Å². The molecule has 0 bridgehead atoms. The molecule has 1 saturated carbocycles. The molecule has 2 N–H and O–H groups in total. The molecule has 26 heavy (non-hydrogen) atoms. The lowest BCUT2D eigenvalue weighted by molar-refractivity contribution is 0.162. The summed E-state index contributed by atoms with van der Waals surface area (Å²) in [6.45, 7) is 0.517.